The zero-order chi connectivity index (χ0) is 27.3. The van der Waals surface area contributed by atoms with Crippen molar-refractivity contribution in [3.05, 3.63) is 133 Å². The van der Waals surface area contributed by atoms with E-state index in [4.69, 9.17) is 4.98 Å². The zero-order valence-corrected chi connectivity index (χ0v) is 22.3. The normalized spacial score (nSPS) is 12.3. The van der Waals surface area contributed by atoms with E-state index in [-0.39, 0.29) is 0 Å². The fourth-order valence-corrected chi connectivity index (χ4v) is 6.23. The number of benzene rings is 4. The maximum atomic E-state index is 5.18. The van der Waals surface area contributed by atoms with Gasteiger partial charge >= 0.3 is 0 Å². The van der Waals surface area contributed by atoms with Crippen LogP contribution in [-0.2, 0) is 6.54 Å². The van der Waals surface area contributed by atoms with Crippen molar-refractivity contribution in [2.75, 3.05) is 4.90 Å². The summed E-state index contributed by atoms with van der Waals surface area (Å²) in [5, 5.41) is 2.42. The van der Waals surface area contributed by atoms with Gasteiger partial charge in [-0.2, -0.15) is 0 Å². The van der Waals surface area contributed by atoms with Crippen LogP contribution in [0.15, 0.2) is 133 Å². The molecule has 0 unspecified atom stereocenters. The number of aliphatic imine (C=N–C) groups is 1. The summed E-state index contributed by atoms with van der Waals surface area (Å²) in [4.78, 5) is 16.1. The average molecular weight is 528 g/mol. The second-order valence-electron chi connectivity index (χ2n) is 10.2. The Labute approximate surface area is 237 Å². The molecule has 4 heterocycles. The molecular weight excluding hydrogens is 502 g/mol. The van der Waals surface area contributed by atoms with Gasteiger partial charge in [-0.05, 0) is 60.8 Å². The molecule has 3 aromatic heterocycles. The van der Waals surface area contributed by atoms with Crippen LogP contribution in [0.4, 0.5) is 17.1 Å². The van der Waals surface area contributed by atoms with E-state index in [0.717, 1.165) is 39.7 Å². The molecule has 0 saturated heterocycles. The molecule has 7 aromatic rings. The highest BCUT2D eigenvalue weighted by molar-refractivity contribution is 6.12. The fraction of sp³-hybridized carbons (Fsp3) is 0.0278. The second kappa shape index (κ2) is 9.28. The van der Waals surface area contributed by atoms with Crippen LogP contribution < -0.4 is 4.90 Å². The third-order valence-electron chi connectivity index (χ3n) is 8.03. The van der Waals surface area contributed by atoms with Crippen molar-refractivity contribution in [3.63, 3.8) is 0 Å². The molecule has 1 aliphatic heterocycles. The molecule has 0 N–H and O–H groups in total. The summed E-state index contributed by atoms with van der Waals surface area (Å²) in [7, 11) is 0. The molecule has 0 amide bonds. The number of rotatable bonds is 4. The average Bonchev–Trinajstić information content (AvgIpc) is 3.40. The minimum absolute atomic E-state index is 0.691. The fourth-order valence-electron chi connectivity index (χ4n) is 6.23. The maximum Gasteiger partial charge on any atom is 0.138 e. The molecule has 0 bridgehead atoms. The summed E-state index contributed by atoms with van der Waals surface area (Å²) >= 11 is 0. The number of pyridine rings is 2. The summed E-state index contributed by atoms with van der Waals surface area (Å²) in [5.41, 5.74) is 11.0. The van der Waals surface area contributed by atoms with Gasteiger partial charge in [0.2, 0.25) is 0 Å². The summed E-state index contributed by atoms with van der Waals surface area (Å²) in [6.45, 7) is 4.55. The smallest absolute Gasteiger partial charge is 0.138 e. The SMILES string of the molecule is C=Nc1ccccc1N1Cc2c(ccc3c4ccccc4n(-c4cccc(-c5ccncc5)n4)c23)-c2ccccc21. The predicted molar refractivity (Wildman–Crippen MR) is 169 cm³/mol. The van der Waals surface area contributed by atoms with E-state index in [2.05, 4.69) is 117 Å². The monoisotopic (exact) mass is 527 g/mol. The summed E-state index contributed by atoms with van der Waals surface area (Å²) in [5.74, 6) is 0.887. The van der Waals surface area contributed by atoms with Gasteiger partial charge in [0, 0.05) is 45.5 Å². The highest BCUT2D eigenvalue weighted by Crippen LogP contribution is 2.48. The van der Waals surface area contributed by atoms with E-state index < -0.39 is 0 Å². The van der Waals surface area contributed by atoms with Gasteiger partial charge in [0.1, 0.15) is 5.82 Å². The first-order chi connectivity index (χ1) is 20.3. The van der Waals surface area contributed by atoms with Crippen LogP contribution >= 0.6 is 0 Å². The molecule has 41 heavy (non-hydrogen) atoms. The van der Waals surface area contributed by atoms with Gasteiger partial charge in [0.25, 0.3) is 0 Å². The van der Waals surface area contributed by atoms with Crippen LogP contribution in [0.1, 0.15) is 5.56 Å². The van der Waals surface area contributed by atoms with Crippen molar-refractivity contribution in [1.82, 2.24) is 14.5 Å². The van der Waals surface area contributed by atoms with E-state index in [1.165, 1.54) is 33.0 Å². The molecule has 0 spiro atoms. The predicted octanol–water partition coefficient (Wildman–Crippen LogP) is 8.89. The molecule has 0 atom stereocenters. The third kappa shape index (κ3) is 3.60. The minimum atomic E-state index is 0.691. The molecule has 194 valence electrons. The Morgan fingerprint density at radius 2 is 1.44 bits per heavy atom. The van der Waals surface area contributed by atoms with Crippen LogP contribution in [0.2, 0.25) is 0 Å². The summed E-state index contributed by atoms with van der Waals surface area (Å²) < 4.78 is 2.33. The number of nitrogens with zero attached hydrogens (tertiary/aromatic N) is 5. The quantitative estimate of drug-likeness (QED) is 0.215. The molecule has 0 saturated carbocycles. The van der Waals surface area contributed by atoms with Crippen molar-refractivity contribution in [3.8, 4) is 28.2 Å². The van der Waals surface area contributed by atoms with Crippen LogP contribution in [0, 0.1) is 0 Å². The van der Waals surface area contributed by atoms with Gasteiger partial charge in [0.05, 0.1) is 34.6 Å². The van der Waals surface area contributed by atoms with E-state index >= 15 is 0 Å². The minimum Gasteiger partial charge on any atom is -0.335 e. The lowest BCUT2D eigenvalue weighted by atomic mass is 9.91. The van der Waals surface area contributed by atoms with Crippen molar-refractivity contribution < 1.29 is 0 Å². The third-order valence-corrected chi connectivity index (χ3v) is 8.03. The molecule has 5 nitrogen and oxygen atoms in total. The van der Waals surface area contributed by atoms with Gasteiger partial charge in [0.15, 0.2) is 0 Å². The first kappa shape index (κ1) is 23.3. The Kier molecular flexibility index (Phi) is 5.28. The van der Waals surface area contributed by atoms with E-state index in [0.29, 0.717) is 6.54 Å². The lowest BCUT2D eigenvalue weighted by Crippen LogP contribution is -2.22. The lowest BCUT2D eigenvalue weighted by molar-refractivity contribution is 0.957. The molecular formula is C36H25N5. The molecule has 0 fully saturated rings. The molecule has 8 rings (SSSR count). The van der Waals surface area contributed by atoms with Gasteiger partial charge in [-0.15, -0.1) is 0 Å². The van der Waals surface area contributed by atoms with E-state index in [9.17, 15) is 0 Å². The molecule has 5 heteroatoms. The van der Waals surface area contributed by atoms with Gasteiger partial charge in [-0.1, -0.05) is 66.7 Å². The molecule has 0 radical (unpaired) electrons. The first-order valence-corrected chi connectivity index (χ1v) is 13.7. The topological polar surface area (TPSA) is 46.3 Å². The van der Waals surface area contributed by atoms with Crippen LogP contribution in [0.25, 0.3) is 50.0 Å². The second-order valence-corrected chi connectivity index (χ2v) is 10.2. The number of fused-ring (bicyclic) bond motifs is 7. The Hall–Kier alpha value is -5.55. The Morgan fingerprint density at radius 1 is 0.659 bits per heavy atom. The molecule has 0 aliphatic carbocycles. The van der Waals surface area contributed by atoms with Crippen molar-refractivity contribution >= 4 is 45.6 Å². The number of aromatic nitrogens is 3. The van der Waals surface area contributed by atoms with Crippen molar-refractivity contribution in [1.29, 1.82) is 0 Å². The van der Waals surface area contributed by atoms with Crippen LogP contribution in [0.5, 0.6) is 0 Å². The van der Waals surface area contributed by atoms with Crippen LogP contribution in [0.3, 0.4) is 0 Å². The Morgan fingerprint density at radius 3 is 2.32 bits per heavy atom. The van der Waals surface area contributed by atoms with E-state index in [1.807, 2.05) is 36.7 Å². The number of anilines is 2. The first-order valence-electron chi connectivity index (χ1n) is 13.7. The maximum absolute atomic E-state index is 5.18. The highest BCUT2D eigenvalue weighted by Gasteiger charge is 2.28. The van der Waals surface area contributed by atoms with Crippen molar-refractivity contribution in [2.24, 2.45) is 4.99 Å². The number of hydrogen-bond acceptors (Lipinski definition) is 4. The van der Waals surface area contributed by atoms with Crippen molar-refractivity contribution in [2.45, 2.75) is 6.54 Å². The summed E-state index contributed by atoms with van der Waals surface area (Å²) in [6.07, 6.45) is 3.62. The zero-order valence-electron chi connectivity index (χ0n) is 22.3. The standard InChI is InChI=1S/C36H25N5/c1-37-31-11-4-7-15-34(31)40-23-29-25(26-9-2-5-13-32(26)40)17-18-28-27-10-3-6-14-33(27)41(36(28)29)35-16-8-12-30(39-35)24-19-21-38-22-20-24/h2-22H,1,23H2. The largest absolute Gasteiger partial charge is 0.335 e. The lowest BCUT2D eigenvalue weighted by Gasteiger charge is -2.34. The van der Waals surface area contributed by atoms with Crippen LogP contribution in [-0.4, -0.2) is 21.3 Å². The molecule has 1 aliphatic rings. The summed E-state index contributed by atoms with van der Waals surface area (Å²) in [6, 6.07) is 40.2. The van der Waals surface area contributed by atoms with E-state index in [1.54, 1.807) is 0 Å². The number of para-hydroxylation sites is 4. The van der Waals surface area contributed by atoms with Gasteiger partial charge < -0.3 is 4.90 Å². The Balaban J connectivity index is 1.44. The van der Waals surface area contributed by atoms with Gasteiger partial charge in [-0.3, -0.25) is 14.5 Å². The van der Waals surface area contributed by atoms with Gasteiger partial charge in [-0.25, -0.2) is 4.98 Å². The Bertz CT molecular complexity index is 2110. The molecule has 4 aromatic carbocycles. The number of hydrogen-bond donors (Lipinski definition) is 0. The highest BCUT2D eigenvalue weighted by atomic mass is 15.2.